The van der Waals surface area contributed by atoms with Gasteiger partial charge in [-0.15, -0.1) is 11.8 Å². The van der Waals surface area contributed by atoms with Crippen LogP contribution < -0.4 is 5.73 Å². The summed E-state index contributed by atoms with van der Waals surface area (Å²) in [6.07, 6.45) is -4.04. The zero-order valence-electron chi connectivity index (χ0n) is 9.81. The van der Waals surface area contributed by atoms with E-state index in [1.54, 1.807) is 0 Å². The molecule has 0 fully saturated rings. The van der Waals surface area contributed by atoms with Crippen molar-refractivity contribution in [2.45, 2.75) is 17.5 Å². The van der Waals surface area contributed by atoms with Crippen molar-refractivity contribution in [2.75, 3.05) is 12.4 Å². The van der Waals surface area contributed by atoms with Crippen LogP contribution in [0.5, 0.6) is 0 Å². The predicted molar refractivity (Wildman–Crippen MR) is 66.4 cm³/mol. The Hall–Kier alpha value is -1.41. The summed E-state index contributed by atoms with van der Waals surface area (Å²) < 4.78 is 38.3. The molecule has 0 spiro atoms. The number of benzene rings is 1. The lowest BCUT2D eigenvalue weighted by molar-refractivity contribution is -0.137. The molecule has 0 atom stereocenters. The van der Waals surface area contributed by atoms with E-state index in [1.807, 2.05) is 0 Å². The minimum absolute atomic E-state index is 0.0146. The van der Waals surface area contributed by atoms with Crippen molar-refractivity contribution in [2.24, 2.45) is 10.9 Å². The molecule has 4 nitrogen and oxygen atoms in total. The lowest BCUT2D eigenvalue weighted by atomic mass is 10.1. The van der Waals surface area contributed by atoms with E-state index >= 15 is 0 Å². The lowest BCUT2D eigenvalue weighted by Crippen LogP contribution is -2.20. The molecule has 0 aromatic heterocycles. The number of amidine groups is 1. The number of rotatable bonds is 5. The number of hydrogen-bond acceptors (Lipinski definition) is 4. The molecule has 0 aliphatic carbocycles. The van der Waals surface area contributed by atoms with Gasteiger partial charge in [-0.3, -0.25) is 0 Å². The Bertz CT molecular complexity index is 464. The van der Waals surface area contributed by atoms with Crippen molar-refractivity contribution in [3.05, 3.63) is 29.3 Å². The molecule has 1 aromatic rings. The van der Waals surface area contributed by atoms with Crippen molar-refractivity contribution in [1.82, 2.24) is 0 Å². The number of oxime groups is 1. The summed E-state index contributed by atoms with van der Waals surface area (Å²) in [7, 11) is 0. The fourth-order valence-corrected chi connectivity index (χ4v) is 2.26. The van der Waals surface area contributed by atoms with Crippen LogP contribution in [-0.2, 0) is 6.18 Å². The van der Waals surface area contributed by atoms with Gasteiger partial charge in [-0.05, 0) is 24.6 Å². The summed E-state index contributed by atoms with van der Waals surface area (Å²) in [5, 5.41) is 19.8. The summed E-state index contributed by atoms with van der Waals surface area (Å²) in [5.74, 6) is -0.0192. The highest BCUT2D eigenvalue weighted by atomic mass is 32.2. The second kappa shape index (κ2) is 6.67. The van der Waals surface area contributed by atoms with Gasteiger partial charge in [0.1, 0.15) is 0 Å². The van der Waals surface area contributed by atoms with E-state index < -0.39 is 17.6 Å². The van der Waals surface area contributed by atoms with Gasteiger partial charge in [-0.2, -0.15) is 13.2 Å². The molecule has 0 bridgehead atoms. The number of aliphatic hydroxyl groups excluding tert-OH is 1. The van der Waals surface area contributed by atoms with Crippen LogP contribution in [0.1, 0.15) is 17.5 Å². The summed E-state index contributed by atoms with van der Waals surface area (Å²) in [6, 6.07) is 3.44. The van der Waals surface area contributed by atoms with Crippen LogP contribution in [0.2, 0.25) is 0 Å². The van der Waals surface area contributed by atoms with Gasteiger partial charge in [0, 0.05) is 22.8 Å². The largest absolute Gasteiger partial charge is 0.417 e. The molecular formula is C11H13F3N2O2S. The number of nitrogens with zero attached hydrogens (tertiary/aromatic N) is 1. The maximum atomic E-state index is 12.8. The minimum Gasteiger partial charge on any atom is -0.409 e. The average molecular weight is 294 g/mol. The van der Waals surface area contributed by atoms with Crippen LogP contribution in [0.3, 0.4) is 0 Å². The smallest absolute Gasteiger partial charge is 0.409 e. The zero-order valence-corrected chi connectivity index (χ0v) is 10.6. The molecule has 0 heterocycles. The molecular weight excluding hydrogens is 281 g/mol. The summed E-state index contributed by atoms with van der Waals surface area (Å²) >= 11 is 1.29. The van der Waals surface area contributed by atoms with E-state index in [4.69, 9.17) is 16.0 Å². The van der Waals surface area contributed by atoms with Crippen LogP contribution in [-0.4, -0.2) is 28.5 Å². The van der Waals surface area contributed by atoms with E-state index in [0.717, 1.165) is 6.07 Å². The molecule has 0 saturated heterocycles. The van der Waals surface area contributed by atoms with Gasteiger partial charge in [0.15, 0.2) is 5.84 Å². The molecule has 4 N–H and O–H groups in total. The number of aliphatic hydroxyl groups is 1. The van der Waals surface area contributed by atoms with Crippen molar-refractivity contribution >= 4 is 17.6 Å². The normalized spacial score (nSPS) is 12.7. The second-order valence-electron chi connectivity index (χ2n) is 3.62. The molecule has 106 valence electrons. The maximum Gasteiger partial charge on any atom is 0.417 e. The first-order valence-corrected chi connectivity index (χ1v) is 6.31. The molecule has 0 radical (unpaired) electrons. The quantitative estimate of drug-likeness (QED) is 0.194. The fourth-order valence-electron chi connectivity index (χ4n) is 1.38. The van der Waals surface area contributed by atoms with E-state index in [2.05, 4.69) is 5.16 Å². The van der Waals surface area contributed by atoms with Gasteiger partial charge >= 0.3 is 6.18 Å². The third kappa shape index (κ3) is 4.32. The van der Waals surface area contributed by atoms with Gasteiger partial charge in [0.25, 0.3) is 0 Å². The average Bonchev–Trinajstić information content (AvgIpc) is 2.36. The molecule has 8 heteroatoms. The van der Waals surface area contributed by atoms with Crippen molar-refractivity contribution in [3.8, 4) is 0 Å². The lowest BCUT2D eigenvalue weighted by Gasteiger charge is -2.13. The van der Waals surface area contributed by atoms with Crippen LogP contribution in [0, 0.1) is 0 Å². The van der Waals surface area contributed by atoms with Crippen LogP contribution in [0.25, 0.3) is 0 Å². The summed E-state index contributed by atoms with van der Waals surface area (Å²) in [4.78, 5) is 0.558. The molecule has 0 amide bonds. The molecule has 1 aromatic carbocycles. The van der Waals surface area contributed by atoms with Crippen LogP contribution in [0.15, 0.2) is 28.3 Å². The summed E-state index contributed by atoms with van der Waals surface area (Å²) in [6.45, 7) is 0.0146. The second-order valence-corrected chi connectivity index (χ2v) is 4.78. The topological polar surface area (TPSA) is 78.8 Å². The van der Waals surface area contributed by atoms with Gasteiger partial charge < -0.3 is 16.0 Å². The van der Waals surface area contributed by atoms with Gasteiger partial charge in [0.2, 0.25) is 0 Å². The standard InChI is InChI=1S/C11H13F3N2O2S/c12-11(13,14)9-3-2-7(19-5-1-4-17)6-8(9)10(15)16-18/h2-3,6,17-18H,1,4-5H2,(H2,15,16). The highest BCUT2D eigenvalue weighted by Gasteiger charge is 2.34. The van der Waals surface area contributed by atoms with E-state index in [0.29, 0.717) is 17.1 Å². The molecule has 0 aliphatic rings. The number of halogens is 3. The number of alkyl halides is 3. The monoisotopic (exact) mass is 294 g/mol. The van der Waals surface area contributed by atoms with Crippen molar-refractivity contribution in [1.29, 1.82) is 0 Å². The number of hydrogen-bond donors (Lipinski definition) is 3. The molecule has 0 saturated carbocycles. The van der Waals surface area contributed by atoms with E-state index in [-0.39, 0.29) is 12.2 Å². The zero-order chi connectivity index (χ0) is 14.5. The van der Waals surface area contributed by atoms with Crippen LogP contribution in [0.4, 0.5) is 13.2 Å². The number of thioether (sulfide) groups is 1. The van der Waals surface area contributed by atoms with Crippen molar-refractivity contribution in [3.63, 3.8) is 0 Å². The maximum absolute atomic E-state index is 12.8. The molecule has 19 heavy (non-hydrogen) atoms. The van der Waals surface area contributed by atoms with Gasteiger partial charge in [-0.25, -0.2) is 0 Å². The van der Waals surface area contributed by atoms with Gasteiger partial charge in [-0.1, -0.05) is 5.16 Å². The van der Waals surface area contributed by atoms with Crippen molar-refractivity contribution < 1.29 is 23.5 Å². The first kappa shape index (κ1) is 15.6. The number of nitrogens with two attached hydrogens (primary N) is 1. The van der Waals surface area contributed by atoms with Gasteiger partial charge in [0.05, 0.1) is 5.56 Å². The Morgan fingerprint density at radius 1 is 1.37 bits per heavy atom. The van der Waals surface area contributed by atoms with E-state index in [1.165, 1.54) is 23.9 Å². The first-order valence-electron chi connectivity index (χ1n) is 5.33. The van der Waals surface area contributed by atoms with Crippen LogP contribution >= 0.6 is 11.8 Å². The molecule has 0 aliphatic heterocycles. The predicted octanol–water partition coefficient (Wildman–Crippen LogP) is 2.27. The summed E-state index contributed by atoms with van der Waals surface area (Å²) in [5.41, 5.74) is 3.96. The SMILES string of the molecule is N/C(=N/O)c1cc(SCCCO)ccc1C(F)(F)F. The molecule has 1 rings (SSSR count). The Labute approximate surface area is 112 Å². The third-order valence-corrected chi connectivity index (χ3v) is 3.33. The minimum atomic E-state index is -4.57. The Balaban J connectivity index is 3.09. The molecule has 0 unspecified atom stereocenters. The Kier molecular flexibility index (Phi) is 5.49. The van der Waals surface area contributed by atoms with E-state index in [9.17, 15) is 13.2 Å². The highest BCUT2D eigenvalue weighted by molar-refractivity contribution is 7.99. The Morgan fingerprint density at radius 2 is 2.05 bits per heavy atom. The fraction of sp³-hybridized carbons (Fsp3) is 0.364. The Morgan fingerprint density at radius 3 is 2.58 bits per heavy atom. The highest BCUT2D eigenvalue weighted by Crippen LogP contribution is 2.34. The third-order valence-electron chi connectivity index (χ3n) is 2.25. The first-order chi connectivity index (χ1) is 8.90.